The van der Waals surface area contributed by atoms with Gasteiger partial charge in [0.25, 0.3) is 0 Å². The molecule has 0 saturated heterocycles. The van der Waals surface area contributed by atoms with E-state index in [2.05, 4.69) is 34.6 Å². The monoisotopic (exact) mass is 1370 g/mol. The minimum atomic E-state index is -4.95. The minimum Gasteiger partial charge on any atom is -0.462 e. The molecule has 93 heavy (non-hydrogen) atoms. The number of aliphatic hydroxyl groups is 1. The smallest absolute Gasteiger partial charge is 0.462 e. The molecular formula is C74H144O17P2. The number of esters is 4. The van der Waals surface area contributed by atoms with Crippen molar-refractivity contribution in [2.75, 3.05) is 39.6 Å². The number of unbranched alkanes of at least 4 members (excludes halogenated alkanes) is 46. The number of phosphoric ester groups is 2. The lowest BCUT2D eigenvalue weighted by molar-refractivity contribution is -0.161. The molecule has 2 unspecified atom stereocenters. The Morgan fingerprint density at radius 1 is 0.290 bits per heavy atom. The van der Waals surface area contributed by atoms with Gasteiger partial charge in [-0.3, -0.25) is 37.3 Å². The molecule has 17 nitrogen and oxygen atoms in total. The number of hydrogen-bond donors (Lipinski definition) is 3. The summed E-state index contributed by atoms with van der Waals surface area (Å²) in [4.78, 5) is 72.7. The molecular weight excluding hydrogens is 1220 g/mol. The third-order valence-corrected chi connectivity index (χ3v) is 19.2. The van der Waals surface area contributed by atoms with Gasteiger partial charge in [0.2, 0.25) is 0 Å². The molecule has 3 N–H and O–H groups in total. The van der Waals surface area contributed by atoms with Crippen LogP contribution in [0.2, 0.25) is 0 Å². The van der Waals surface area contributed by atoms with Crippen molar-refractivity contribution in [2.24, 2.45) is 5.92 Å². The van der Waals surface area contributed by atoms with Crippen molar-refractivity contribution in [3.8, 4) is 0 Å². The van der Waals surface area contributed by atoms with Gasteiger partial charge in [0.1, 0.15) is 19.3 Å². The summed E-state index contributed by atoms with van der Waals surface area (Å²) in [6.07, 6.45) is 55.3. The molecule has 5 atom stereocenters. The third kappa shape index (κ3) is 68.4. The molecule has 0 aromatic carbocycles. The van der Waals surface area contributed by atoms with Gasteiger partial charge in [-0.15, -0.1) is 0 Å². The summed E-state index contributed by atoms with van der Waals surface area (Å²) >= 11 is 0. The maximum absolute atomic E-state index is 13.1. The molecule has 0 aliphatic rings. The van der Waals surface area contributed by atoms with Gasteiger partial charge in [0, 0.05) is 25.7 Å². The fraction of sp³-hybridized carbons (Fsp3) is 0.946. The Labute approximate surface area is 568 Å². The molecule has 0 aliphatic heterocycles. The van der Waals surface area contributed by atoms with Gasteiger partial charge in [0.15, 0.2) is 12.2 Å². The third-order valence-electron chi connectivity index (χ3n) is 17.3. The molecule has 0 saturated carbocycles. The summed E-state index contributed by atoms with van der Waals surface area (Å²) in [5.74, 6) is -1.35. The molecule has 0 spiro atoms. The molecule has 552 valence electrons. The number of aliphatic hydroxyl groups excluding tert-OH is 1. The molecule has 0 bridgehead atoms. The first kappa shape index (κ1) is 91.1. The zero-order valence-corrected chi connectivity index (χ0v) is 62.2. The van der Waals surface area contributed by atoms with Crippen LogP contribution < -0.4 is 0 Å². The van der Waals surface area contributed by atoms with Crippen LogP contribution in [0.1, 0.15) is 388 Å². The van der Waals surface area contributed by atoms with E-state index >= 15 is 0 Å². The van der Waals surface area contributed by atoms with E-state index in [1.807, 2.05) is 0 Å². The molecule has 0 aromatic rings. The van der Waals surface area contributed by atoms with Crippen LogP contribution in [0.25, 0.3) is 0 Å². The maximum Gasteiger partial charge on any atom is 0.472 e. The van der Waals surface area contributed by atoms with Crippen molar-refractivity contribution in [1.29, 1.82) is 0 Å². The quantitative estimate of drug-likeness (QED) is 0.0222. The lowest BCUT2D eigenvalue weighted by Crippen LogP contribution is -2.30. The molecule has 0 aromatic heterocycles. The van der Waals surface area contributed by atoms with Crippen molar-refractivity contribution in [2.45, 2.75) is 406 Å². The average molecular weight is 1370 g/mol. The van der Waals surface area contributed by atoms with Crippen LogP contribution in [-0.4, -0.2) is 96.7 Å². The first-order chi connectivity index (χ1) is 45.0. The number of carbonyl (C=O) groups is 4. The minimum absolute atomic E-state index is 0.107. The van der Waals surface area contributed by atoms with Gasteiger partial charge in [0.05, 0.1) is 26.4 Å². The summed E-state index contributed by atoms with van der Waals surface area (Å²) in [5.41, 5.74) is 0. The number of hydrogen-bond acceptors (Lipinski definition) is 15. The fourth-order valence-corrected chi connectivity index (χ4v) is 12.9. The zero-order chi connectivity index (χ0) is 68.4. The van der Waals surface area contributed by atoms with Crippen molar-refractivity contribution in [1.82, 2.24) is 0 Å². The van der Waals surface area contributed by atoms with Crippen LogP contribution in [0.15, 0.2) is 0 Å². The standard InChI is InChI=1S/C74H144O17P2/c1-6-9-12-15-18-21-23-25-27-29-33-38-43-48-53-58-72(77)85-64-70(91-73(78)59-54-49-44-39-34-30-28-26-24-22-19-16-13-10-7-2)66-89-93(82,83)87-62-68(75)61-86-92(80,81)88-65-69(63-84-71(76)57-52-47-42-36-20-17-14-11-8-3)90-74(79)60-55-50-45-40-35-31-32-37-41-46-51-56-67(4)5/h67-70,75H,6-66H2,1-5H3,(H,80,81)(H,82,83)/t68-,69+,70+/m0/s1. The van der Waals surface area contributed by atoms with Crippen LogP contribution in [0, 0.1) is 5.92 Å². The first-order valence-electron chi connectivity index (χ1n) is 38.6. The molecule has 0 rings (SSSR count). The van der Waals surface area contributed by atoms with E-state index in [1.165, 1.54) is 212 Å². The summed E-state index contributed by atoms with van der Waals surface area (Å²) in [7, 11) is -9.90. The number of phosphoric acid groups is 2. The predicted molar refractivity (Wildman–Crippen MR) is 377 cm³/mol. The molecule has 0 fully saturated rings. The lowest BCUT2D eigenvalue weighted by Gasteiger charge is -2.21. The topological polar surface area (TPSA) is 237 Å². The van der Waals surface area contributed by atoms with Crippen molar-refractivity contribution >= 4 is 39.5 Å². The van der Waals surface area contributed by atoms with Crippen LogP contribution in [-0.2, 0) is 65.4 Å². The highest BCUT2D eigenvalue weighted by atomic mass is 31.2. The Bertz CT molecular complexity index is 1790. The average Bonchev–Trinajstić information content (AvgIpc) is 3.56. The largest absolute Gasteiger partial charge is 0.472 e. The second-order valence-electron chi connectivity index (χ2n) is 27.2. The second kappa shape index (κ2) is 67.3. The summed E-state index contributed by atoms with van der Waals surface area (Å²) < 4.78 is 68.4. The van der Waals surface area contributed by atoms with E-state index in [9.17, 15) is 43.2 Å². The summed E-state index contributed by atoms with van der Waals surface area (Å²) in [6, 6.07) is 0. The molecule has 19 heteroatoms. The number of ether oxygens (including phenoxy) is 4. The highest BCUT2D eigenvalue weighted by Crippen LogP contribution is 2.45. The van der Waals surface area contributed by atoms with E-state index in [0.717, 1.165) is 95.8 Å². The normalized spacial score (nSPS) is 14.0. The van der Waals surface area contributed by atoms with Gasteiger partial charge in [-0.1, -0.05) is 336 Å². The van der Waals surface area contributed by atoms with Gasteiger partial charge in [-0.05, 0) is 31.6 Å². The first-order valence-corrected chi connectivity index (χ1v) is 41.6. The molecule has 0 amide bonds. The predicted octanol–water partition coefficient (Wildman–Crippen LogP) is 21.7. The van der Waals surface area contributed by atoms with E-state index in [4.69, 9.17) is 37.0 Å². The Hall–Kier alpha value is -1.94. The van der Waals surface area contributed by atoms with Crippen LogP contribution in [0.5, 0.6) is 0 Å². The van der Waals surface area contributed by atoms with Crippen molar-refractivity contribution in [3.63, 3.8) is 0 Å². The summed E-state index contributed by atoms with van der Waals surface area (Å²) in [6.45, 7) is 7.27. The maximum atomic E-state index is 13.1. The lowest BCUT2D eigenvalue weighted by atomic mass is 10.0. The fourth-order valence-electron chi connectivity index (χ4n) is 11.4. The van der Waals surface area contributed by atoms with Crippen molar-refractivity contribution < 1.29 is 80.2 Å². The van der Waals surface area contributed by atoms with E-state index in [1.54, 1.807) is 0 Å². The molecule has 0 heterocycles. The Balaban J connectivity index is 5.23. The van der Waals surface area contributed by atoms with E-state index in [0.29, 0.717) is 25.7 Å². The highest BCUT2D eigenvalue weighted by molar-refractivity contribution is 7.47. The van der Waals surface area contributed by atoms with Crippen molar-refractivity contribution in [3.05, 3.63) is 0 Å². The number of carbonyl (C=O) groups excluding carboxylic acids is 4. The Morgan fingerprint density at radius 3 is 0.731 bits per heavy atom. The van der Waals surface area contributed by atoms with Gasteiger partial charge >= 0.3 is 39.5 Å². The number of rotatable bonds is 74. The van der Waals surface area contributed by atoms with Gasteiger partial charge in [-0.2, -0.15) is 0 Å². The summed E-state index contributed by atoms with van der Waals surface area (Å²) in [5, 5.41) is 10.6. The van der Waals surface area contributed by atoms with Gasteiger partial charge < -0.3 is 33.8 Å². The van der Waals surface area contributed by atoms with E-state index in [-0.39, 0.29) is 25.7 Å². The SMILES string of the molecule is CCCCCCCCCCCCCCCCCC(=O)OC[C@H](COP(=O)(O)OC[C@@H](O)COP(=O)(O)OC[C@@H](COC(=O)CCCCCCCCCCC)OC(=O)CCCCCCCCCCCCCC(C)C)OC(=O)CCCCCCCCCCCCCCCCC. The van der Waals surface area contributed by atoms with Crippen LogP contribution >= 0.6 is 15.6 Å². The highest BCUT2D eigenvalue weighted by Gasteiger charge is 2.30. The Kier molecular flexibility index (Phi) is 65.9. The van der Waals surface area contributed by atoms with Gasteiger partial charge in [-0.25, -0.2) is 9.13 Å². The van der Waals surface area contributed by atoms with Crippen LogP contribution in [0.3, 0.4) is 0 Å². The second-order valence-corrected chi connectivity index (χ2v) is 30.1. The zero-order valence-electron chi connectivity index (χ0n) is 60.4. The van der Waals surface area contributed by atoms with Crippen LogP contribution in [0.4, 0.5) is 0 Å². The Morgan fingerprint density at radius 2 is 0.495 bits per heavy atom. The molecule has 0 radical (unpaired) electrons. The molecule has 0 aliphatic carbocycles. The van der Waals surface area contributed by atoms with E-state index < -0.39 is 97.5 Å².